The lowest BCUT2D eigenvalue weighted by atomic mass is 9.99. The molecule has 0 saturated heterocycles. The number of benzene rings is 9. The summed E-state index contributed by atoms with van der Waals surface area (Å²) in [5.74, 6) is 0. The minimum absolute atomic E-state index is 1.08. The molecule has 0 fully saturated rings. The van der Waals surface area contributed by atoms with E-state index in [0.29, 0.717) is 0 Å². The topological polar surface area (TPSA) is 8.17 Å². The van der Waals surface area contributed by atoms with Crippen molar-refractivity contribution in [1.29, 1.82) is 0 Å². The van der Waals surface area contributed by atoms with E-state index in [2.05, 4.69) is 240 Å². The summed E-state index contributed by atoms with van der Waals surface area (Å²) >= 11 is 0. The predicted octanol–water partition coefficient (Wildman–Crippen LogP) is 14.9. The van der Waals surface area contributed by atoms with E-state index in [4.69, 9.17) is 0 Å². The highest BCUT2D eigenvalue weighted by atomic mass is 15.2. The minimum Gasteiger partial charge on any atom is -0.308 e. The third-order valence-corrected chi connectivity index (χ3v) is 10.8. The first-order chi connectivity index (χ1) is 27.8. The lowest BCUT2D eigenvalue weighted by molar-refractivity contribution is 1.15. The third kappa shape index (κ3) is 6.14. The van der Waals surface area contributed by atoms with Crippen LogP contribution in [0.5, 0.6) is 0 Å². The highest BCUT2D eigenvalue weighted by Crippen LogP contribution is 2.44. The molecule has 0 aliphatic rings. The molecule has 1 heterocycles. The van der Waals surface area contributed by atoms with Crippen LogP contribution in [0.15, 0.2) is 231 Å². The van der Waals surface area contributed by atoms with Gasteiger partial charge in [0.15, 0.2) is 0 Å². The number of hydrogen-bond donors (Lipinski definition) is 0. The van der Waals surface area contributed by atoms with Crippen molar-refractivity contribution in [3.63, 3.8) is 0 Å². The van der Waals surface area contributed by atoms with Crippen molar-refractivity contribution in [2.45, 2.75) is 0 Å². The first kappa shape index (κ1) is 33.2. The molecule has 0 amide bonds. The molecule has 0 aliphatic heterocycles. The Labute approximate surface area is 327 Å². The average molecular weight is 715 g/mol. The third-order valence-electron chi connectivity index (χ3n) is 10.8. The summed E-state index contributed by atoms with van der Waals surface area (Å²) in [7, 11) is 0. The van der Waals surface area contributed by atoms with Crippen LogP contribution in [0.3, 0.4) is 0 Å². The van der Waals surface area contributed by atoms with Crippen molar-refractivity contribution in [2.75, 3.05) is 4.90 Å². The Morgan fingerprint density at radius 3 is 1.02 bits per heavy atom. The van der Waals surface area contributed by atoms with Gasteiger partial charge in [-0.2, -0.15) is 0 Å². The highest BCUT2D eigenvalue weighted by Gasteiger charge is 2.22. The van der Waals surface area contributed by atoms with Crippen LogP contribution >= 0.6 is 0 Å². The summed E-state index contributed by atoms with van der Waals surface area (Å²) < 4.78 is 2.45. The zero-order valence-corrected chi connectivity index (χ0v) is 30.8. The Balaban J connectivity index is 1.19. The van der Waals surface area contributed by atoms with Gasteiger partial charge in [0.2, 0.25) is 0 Å². The van der Waals surface area contributed by atoms with Crippen molar-refractivity contribution in [3.05, 3.63) is 231 Å². The second-order valence-electron chi connectivity index (χ2n) is 14.2. The van der Waals surface area contributed by atoms with Gasteiger partial charge in [-0.25, -0.2) is 0 Å². The Morgan fingerprint density at radius 1 is 0.268 bits per heavy atom. The normalized spacial score (nSPS) is 11.2. The highest BCUT2D eigenvalue weighted by molar-refractivity contribution is 6.10. The predicted molar refractivity (Wildman–Crippen MR) is 237 cm³/mol. The summed E-state index contributed by atoms with van der Waals surface area (Å²) in [6, 6.07) is 83.1. The van der Waals surface area contributed by atoms with Crippen molar-refractivity contribution in [1.82, 2.24) is 4.57 Å². The average Bonchev–Trinajstić information content (AvgIpc) is 3.62. The first-order valence-corrected chi connectivity index (χ1v) is 19.2. The fourth-order valence-corrected chi connectivity index (χ4v) is 8.03. The Bertz CT molecular complexity index is 2770. The number of fused-ring (bicyclic) bond motifs is 3. The van der Waals surface area contributed by atoms with Crippen molar-refractivity contribution in [3.8, 4) is 50.2 Å². The van der Waals surface area contributed by atoms with Crippen LogP contribution < -0.4 is 4.90 Å². The van der Waals surface area contributed by atoms with Crippen LogP contribution in [0.4, 0.5) is 17.1 Å². The molecule has 2 nitrogen and oxygen atoms in total. The monoisotopic (exact) mass is 714 g/mol. The van der Waals surface area contributed by atoms with Crippen molar-refractivity contribution in [2.24, 2.45) is 0 Å². The van der Waals surface area contributed by atoms with E-state index in [-0.39, 0.29) is 0 Å². The van der Waals surface area contributed by atoms with E-state index >= 15 is 0 Å². The maximum Gasteiger partial charge on any atom is 0.0709 e. The summed E-state index contributed by atoms with van der Waals surface area (Å²) in [5.41, 5.74) is 16.2. The van der Waals surface area contributed by atoms with E-state index in [0.717, 1.165) is 28.3 Å². The van der Waals surface area contributed by atoms with E-state index in [1.807, 2.05) is 0 Å². The Kier molecular flexibility index (Phi) is 8.55. The molecule has 0 N–H and O–H groups in total. The van der Waals surface area contributed by atoms with E-state index in [1.54, 1.807) is 0 Å². The Hall–Kier alpha value is -7.42. The molecule has 1 aromatic heterocycles. The van der Waals surface area contributed by atoms with Gasteiger partial charge < -0.3 is 9.47 Å². The van der Waals surface area contributed by atoms with E-state index < -0.39 is 0 Å². The molecule has 10 aromatic rings. The number of rotatable bonds is 8. The summed E-state index contributed by atoms with van der Waals surface area (Å²) in [5, 5.41) is 2.47. The molecule has 10 rings (SSSR count). The molecule has 0 unspecified atom stereocenters. The van der Waals surface area contributed by atoms with Crippen LogP contribution in [0.2, 0.25) is 0 Å². The van der Waals surface area contributed by atoms with Crippen LogP contribution in [0, 0.1) is 0 Å². The molecule has 0 aliphatic carbocycles. The van der Waals surface area contributed by atoms with Crippen LogP contribution in [0.1, 0.15) is 0 Å². The summed E-state index contributed by atoms with van der Waals surface area (Å²) in [6.45, 7) is 0. The maximum atomic E-state index is 2.45. The molecule has 0 atom stereocenters. The first-order valence-electron chi connectivity index (χ1n) is 19.2. The fraction of sp³-hybridized carbons (Fsp3) is 0. The van der Waals surface area contributed by atoms with Gasteiger partial charge in [-0.05, 0) is 93.0 Å². The minimum atomic E-state index is 1.08. The smallest absolute Gasteiger partial charge is 0.0709 e. The summed E-state index contributed by atoms with van der Waals surface area (Å²) in [4.78, 5) is 2.41. The molecular weight excluding hydrogens is 677 g/mol. The van der Waals surface area contributed by atoms with Crippen molar-refractivity contribution < 1.29 is 0 Å². The van der Waals surface area contributed by atoms with Gasteiger partial charge in [-0.1, -0.05) is 182 Å². The quantitative estimate of drug-likeness (QED) is 0.152. The van der Waals surface area contributed by atoms with Gasteiger partial charge in [-0.15, -0.1) is 0 Å². The number of nitrogens with zero attached hydrogens (tertiary/aromatic N) is 2. The van der Waals surface area contributed by atoms with Gasteiger partial charge in [0, 0.05) is 22.1 Å². The number of para-hydroxylation sites is 2. The zero-order chi connectivity index (χ0) is 37.3. The number of anilines is 3. The molecule has 0 bridgehead atoms. The van der Waals surface area contributed by atoms with Gasteiger partial charge in [-0.3, -0.25) is 0 Å². The molecule has 9 aromatic carbocycles. The molecule has 0 saturated carbocycles. The largest absolute Gasteiger partial charge is 0.308 e. The fourth-order valence-electron chi connectivity index (χ4n) is 8.03. The lowest BCUT2D eigenvalue weighted by Gasteiger charge is -2.29. The van der Waals surface area contributed by atoms with E-state index in [9.17, 15) is 0 Å². The number of hydrogen-bond acceptors (Lipinski definition) is 1. The zero-order valence-electron chi connectivity index (χ0n) is 30.8. The maximum absolute atomic E-state index is 2.45. The molecule has 264 valence electrons. The van der Waals surface area contributed by atoms with Gasteiger partial charge >= 0.3 is 0 Å². The molecule has 0 radical (unpaired) electrons. The molecule has 56 heavy (non-hydrogen) atoms. The molecular formula is C54H38N2. The van der Waals surface area contributed by atoms with E-state index in [1.165, 1.54) is 60.8 Å². The molecule has 0 spiro atoms. The van der Waals surface area contributed by atoms with Gasteiger partial charge in [0.05, 0.1) is 22.4 Å². The lowest BCUT2D eigenvalue weighted by Crippen LogP contribution is -2.13. The van der Waals surface area contributed by atoms with Crippen molar-refractivity contribution >= 4 is 38.9 Å². The standard InChI is InChI=1S/C54H38N2/c1-4-14-39(15-5-1)42-24-26-45(27-25-42)46-32-37-53(54(38-46)56-51-22-12-10-20-49(51)50-21-11-13-23-52(50)56)55(47-33-28-43(29-34-47)40-16-6-2-7-17-40)48-35-30-44(31-36-48)41-18-8-3-9-19-41/h1-38H. The second kappa shape index (κ2) is 14.4. The SMILES string of the molecule is c1ccc(-c2ccc(-c3ccc(N(c4ccc(-c5ccccc5)cc4)c4ccc(-c5ccccc5)cc4)c(-n4c5ccccc5c5ccccc54)c3)cc2)cc1. The van der Waals surface area contributed by atoms with Crippen LogP contribution in [0.25, 0.3) is 72.0 Å². The summed E-state index contributed by atoms with van der Waals surface area (Å²) in [6.07, 6.45) is 0. The van der Waals surface area contributed by atoms with Crippen LogP contribution in [-0.4, -0.2) is 4.57 Å². The van der Waals surface area contributed by atoms with Crippen LogP contribution in [-0.2, 0) is 0 Å². The van der Waals surface area contributed by atoms with Gasteiger partial charge in [0.25, 0.3) is 0 Å². The Morgan fingerprint density at radius 2 is 0.589 bits per heavy atom. The molecule has 2 heteroatoms. The second-order valence-corrected chi connectivity index (χ2v) is 14.2. The number of aromatic nitrogens is 1. The van der Waals surface area contributed by atoms with Gasteiger partial charge in [0.1, 0.15) is 0 Å².